The molecule has 0 saturated carbocycles. The SMILES string of the molecule is CCCC/C(=C\c1cnc(CCCC)n1Cc1ccccc1Cl)C(c1nn[nH]n1)c1cccs1. The second-order valence-electron chi connectivity index (χ2n) is 8.42. The molecule has 0 aliphatic carbocycles. The number of nitrogens with zero attached hydrogens (tertiary/aromatic N) is 5. The lowest BCUT2D eigenvalue weighted by molar-refractivity contribution is 0.673. The van der Waals surface area contributed by atoms with Crippen molar-refractivity contribution in [1.29, 1.82) is 0 Å². The first kappa shape index (κ1) is 24.4. The van der Waals surface area contributed by atoms with Crippen LogP contribution in [0, 0.1) is 0 Å². The zero-order valence-electron chi connectivity index (χ0n) is 19.7. The third-order valence-corrected chi connectivity index (χ3v) is 7.29. The number of hydrogen-bond donors (Lipinski definition) is 1. The maximum atomic E-state index is 6.54. The first-order chi connectivity index (χ1) is 16.7. The van der Waals surface area contributed by atoms with Crippen LogP contribution < -0.4 is 0 Å². The zero-order valence-corrected chi connectivity index (χ0v) is 21.3. The van der Waals surface area contributed by atoms with Crippen molar-refractivity contribution in [3.8, 4) is 0 Å². The predicted molar refractivity (Wildman–Crippen MR) is 139 cm³/mol. The summed E-state index contributed by atoms with van der Waals surface area (Å²) >= 11 is 8.26. The van der Waals surface area contributed by atoms with Crippen LogP contribution in [-0.2, 0) is 13.0 Å². The van der Waals surface area contributed by atoms with E-state index < -0.39 is 0 Å². The van der Waals surface area contributed by atoms with E-state index in [1.165, 1.54) is 10.5 Å². The Kier molecular flexibility index (Phi) is 8.66. The summed E-state index contributed by atoms with van der Waals surface area (Å²) in [6, 6.07) is 12.3. The summed E-state index contributed by atoms with van der Waals surface area (Å²) in [5.74, 6) is 1.76. The van der Waals surface area contributed by atoms with E-state index in [2.05, 4.69) is 68.7 Å². The average molecular weight is 495 g/mol. The number of imidazole rings is 1. The molecular formula is C26H31ClN6S. The number of benzene rings is 1. The Morgan fingerprint density at radius 2 is 2.00 bits per heavy atom. The molecule has 1 atom stereocenters. The molecule has 1 aromatic carbocycles. The van der Waals surface area contributed by atoms with Crippen LogP contribution in [0.4, 0.5) is 0 Å². The minimum Gasteiger partial charge on any atom is -0.324 e. The Morgan fingerprint density at radius 3 is 2.71 bits per heavy atom. The molecule has 0 fully saturated rings. The van der Waals surface area contributed by atoms with Gasteiger partial charge in [0.1, 0.15) is 5.82 Å². The average Bonchev–Trinajstić information content (AvgIpc) is 3.62. The zero-order chi connectivity index (χ0) is 23.8. The van der Waals surface area contributed by atoms with Gasteiger partial charge in [-0.3, -0.25) is 0 Å². The number of hydrogen-bond acceptors (Lipinski definition) is 5. The maximum absolute atomic E-state index is 6.54. The molecule has 3 aromatic heterocycles. The van der Waals surface area contributed by atoms with Gasteiger partial charge in [-0.05, 0) is 48.4 Å². The Bertz CT molecular complexity index is 1150. The first-order valence-electron chi connectivity index (χ1n) is 12.0. The number of nitrogens with one attached hydrogen (secondary N) is 1. The molecule has 0 saturated heterocycles. The highest BCUT2D eigenvalue weighted by atomic mass is 35.5. The minimum atomic E-state index is -0.0342. The van der Waals surface area contributed by atoms with Crippen molar-refractivity contribution in [1.82, 2.24) is 30.2 Å². The van der Waals surface area contributed by atoms with Gasteiger partial charge in [-0.2, -0.15) is 5.21 Å². The maximum Gasteiger partial charge on any atom is 0.186 e. The number of tetrazole rings is 1. The van der Waals surface area contributed by atoms with Crippen molar-refractivity contribution in [3.63, 3.8) is 0 Å². The standard InChI is InChI=1S/C26H31ClN6S/c1-3-5-10-19(25(23-13-9-15-34-23)26-29-31-32-30-26)16-21-17-28-24(14-6-4-2)33(21)18-20-11-7-8-12-22(20)27/h7-9,11-13,15-17,25H,3-6,10,14,18H2,1-2H3,(H,29,30,31,32)/b19-16+. The summed E-state index contributed by atoms with van der Waals surface area (Å²) in [6.45, 7) is 5.12. The normalized spacial score (nSPS) is 12.9. The molecule has 0 radical (unpaired) electrons. The van der Waals surface area contributed by atoms with E-state index in [9.17, 15) is 0 Å². The van der Waals surface area contributed by atoms with Gasteiger partial charge in [-0.25, -0.2) is 4.98 Å². The van der Waals surface area contributed by atoms with E-state index in [0.29, 0.717) is 12.4 Å². The summed E-state index contributed by atoms with van der Waals surface area (Å²) in [7, 11) is 0. The van der Waals surface area contributed by atoms with Crippen molar-refractivity contribution in [3.05, 3.63) is 86.4 Å². The molecule has 0 aliphatic heterocycles. The van der Waals surface area contributed by atoms with Crippen LogP contribution >= 0.6 is 22.9 Å². The Hall–Kier alpha value is -2.77. The molecule has 1 N–H and O–H groups in total. The molecule has 178 valence electrons. The molecule has 4 rings (SSSR count). The quantitative estimate of drug-likeness (QED) is 0.232. The highest BCUT2D eigenvalue weighted by Gasteiger charge is 2.25. The summed E-state index contributed by atoms with van der Waals surface area (Å²) in [6.07, 6.45) is 10.6. The van der Waals surface area contributed by atoms with Crippen LogP contribution in [0.3, 0.4) is 0 Å². The van der Waals surface area contributed by atoms with Crippen molar-refractivity contribution in [2.75, 3.05) is 0 Å². The monoisotopic (exact) mass is 494 g/mol. The fraction of sp³-hybridized carbons (Fsp3) is 0.385. The minimum absolute atomic E-state index is 0.0342. The van der Waals surface area contributed by atoms with Crippen molar-refractivity contribution in [2.24, 2.45) is 0 Å². The fourth-order valence-corrected chi connectivity index (χ4v) is 5.21. The van der Waals surface area contributed by atoms with E-state index >= 15 is 0 Å². The Morgan fingerprint density at radius 1 is 1.15 bits per heavy atom. The van der Waals surface area contributed by atoms with E-state index in [0.717, 1.165) is 60.6 Å². The summed E-state index contributed by atoms with van der Waals surface area (Å²) in [5.41, 5.74) is 3.45. The number of allylic oxidation sites excluding steroid dienone is 1. The summed E-state index contributed by atoms with van der Waals surface area (Å²) in [5, 5.41) is 18.1. The molecule has 1 unspecified atom stereocenters. The third-order valence-electron chi connectivity index (χ3n) is 5.98. The first-order valence-corrected chi connectivity index (χ1v) is 13.2. The Labute approximate surface area is 210 Å². The van der Waals surface area contributed by atoms with Crippen molar-refractivity contribution >= 4 is 29.0 Å². The van der Waals surface area contributed by atoms with Crippen molar-refractivity contribution < 1.29 is 0 Å². The fourth-order valence-electron chi connectivity index (χ4n) is 4.15. The van der Waals surface area contributed by atoms with Gasteiger partial charge >= 0.3 is 0 Å². The molecule has 3 heterocycles. The molecule has 8 heteroatoms. The summed E-state index contributed by atoms with van der Waals surface area (Å²) in [4.78, 5) is 6.04. The number of halogens is 1. The smallest absolute Gasteiger partial charge is 0.186 e. The van der Waals surface area contributed by atoms with E-state index in [4.69, 9.17) is 16.6 Å². The largest absolute Gasteiger partial charge is 0.324 e. The molecule has 6 nitrogen and oxygen atoms in total. The van der Waals surface area contributed by atoms with Gasteiger partial charge in [0.25, 0.3) is 0 Å². The lowest BCUT2D eigenvalue weighted by atomic mass is 9.91. The van der Waals surface area contributed by atoms with Crippen LogP contribution in [0.25, 0.3) is 6.08 Å². The van der Waals surface area contributed by atoms with Gasteiger partial charge < -0.3 is 4.57 Å². The van der Waals surface area contributed by atoms with Crippen LogP contribution in [-0.4, -0.2) is 30.2 Å². The molecule has 0 spiro atoms. The van der Waals surface area contributed by atoms with E-state index in [1.54, 1.807) is 11.3 Å². The molecule has 34 heavy (non-hydrogen) atoms. The highest BCUT2D eigenvalue weighted by molar-refractivity contribution is 7.10. The Balaban J connectivity index is 1.79. The number of thiophene rings is 1. The second kappa shape index (κ2) is 12.1. The van der Waals surface area contributed by atoms with Crippen LogP contribution in [0.2, 0.25) is 5.02 Å². The number of H-pyrrole nitrogens is 1. The lowest BCUT2D eigenvalue weighted by Crippen LogP contribution is -2.10. The lowest BCUT2D eigenvalue weighted by Gasteiger charge is -2.18. The van der Waals surface area contributed by atoms with E-state index in [-0.39, 0.29) is 5.92 Å². The van der Waals surface area contributed by atoms with Gasteiger partial charge in [0.2, 0.25) is 0 Å². The number of aryl methyl sites for hydroxylation is 1. The second-order valence-corrected chi connectivity index (χ2v) is 9.81. The van der Waals surface area contributed by atoms with Crippen LogP contribution in [0.1, 0.15) is 79.7 Å². The number of unbranched alkanes of at least 4 members (excludes halogenated alkanes) is 2. The van der Waals surface area contributed by atoms with Crippen molar-refractivity contribution in [2.45, 2.75) is 64.8 Å². The predicted octanol–water partition coefficient (Wildman–Crippen LogP) is 6.91. The van der Waals surface area contributed by atoms with Gasteiger partial charge in [-0.15, -0.1) is 21.5 Å². The molecule has 0 bridgehead atoms. The number of aromatic nitrogens is 6. The topological polar surface area (TPSA) is 72.3 Å². The van der Waals surface area contributed by atoms with Gasteiger partial charge in [0.15, 0.2) is 5.82 Å². The van der Waals surface area contributed by atoms with Gasteiger partial charge in [0, 0.05) is 16.3 Å². The molecule has 0 aliphatic rings. The van der Waals surface area contributed by atoms with E-state index in [1.807, 2.05) is 24.4 Å². The molecule has 4 aromatic rings. The number of rotatable bonds is 12. The molecule has 0 amide bonds. The van der Waals surface area contributed by atoms with Gasteiger partial charge in [0.05, 0.1) is 24.4 Å². The van der Waals surface area contributed by atoms with Gasteiger partial charge in [-0.1, -0.05) is 73.3 Å². The number of aromatic amines is 1. The molecular weight excluding hydrogens is 464 g/mol. The highest BCUT2D eigenvalue weighted by Crippen LogP contribution is 2.36. The third kappa shape index (κ3) is 5.83. The van der Waals surface area contributed by atoms with Crippen LogP contribution in [0.15, 0.2) is 53.5 Å². The summed E-state index contributed by atoms with van der Waals surface area (Å²) < 4.78 is 2.31. The van der Waals surface area contributed by atoms with Crippen LogP contribution in [0.5, 0.6) is 0 Å².